The molecule has 2 heteroatoms. The maximum absolute atomic E-state index is 2.66. The molecule has 15 heavy (non-hydrogen) atoms. The summed E-state index contributed by atoms with van der Waals surface area (Å²) in [6.07, 6.45) is 2.79. The topological polar surface area (TPSA) is 3.24 Å². The smallest absolute Gasteiger partial charge is 0.00180 e. The molecule has 1 saturated heterocycles. The first kappa shape index (κ1) is 13.4. The lowest BCUT2D eigenvalue weighted by Crippen LogP contribution is -2.23. The van der Waals surface area contributed by atoms with Crippen molar-refractivity contribution >= 4 is 11.8 Å². The van der Waals surface area contributed by atoms with Gasteiger partial charge in [-0.3, -0.25) is 0 Å². The quantitative estimate of drug-likeness (QED) is 0.686. The molecule has 1 nitrogen and oxygen atoms in total. The monoisotopic (exact) mass is 229 g/mol. The molecular formula is C13H27NS. The predicted octanol–water partition coefficient (Wildman–Crippen LogP) is 3.50. The summed E-state index contributed by atoms with van der Waals surface area (Å²) in [7, 11) is 0. The minimum absolute atomic E-state index is 0.801. The Morgan fingerprint density at radius 3 is 2.60 bits per heavy atom. The average Bonchev–Trinajstić information content (AvgIpc) is 2.59. The van der Waals surface area contributed by atoms with Gasteiger partial charge in [0.15, 0.2) is 0 Å². The van der Waals surface area contributed by atoms with E-state index in [1.54, 1.807) is 0 Å². The summed E-state index contributed by atoms with van der Waals surface area (Å²) in [6.45, 7) is 13.3. The van der Waals surface area contributed by atoms with Crippen LogP contribution in [0.4, 0.5) is 0 Å². The van der Waals surface area contributed by atoms with Crippen LogP contribution in [0.2, 0.25) is 0 Å². The highest BCUT2D eigenvalue weighted by atomic mass is 32.2. The molecule has 1 aliphatic rings. The molecule has 1 fully saturated rings. The first-order valence-electron chi connectivity index (χ1n) is 6.42. The maximum Gasteiger partial charge on any atom is 0.00180 e. The zero-order chi connectivity index (χ0) is 11.3. The third kappa shape index (κ3) is 5.82. The van der Waals surface area contributed by atoms with Gasteiger partial charge in [-0.25, -0.2) is 0 Å². The van der Waals surface area contributed by atoms with Crippen LogP contribution in [-0.2, 0) is 0 Å². The van der Waals surface area contributed by atoms with Crippen LogP contribution in [0.5, 0.6) is 0 Å². The maximum atomic E-state index is 2.66. The van der Waals surface area contributed by atoms with Gasteiger partial charge in [-0.05, 0) is 48.8 Å². The molecule has 1 rings (SSSR count). The fourth-order valence-electron chi connectivity index (χ4n) is 2.02. The number of hydrogen-bond donors (Lipinski definition) is 0. The van der Waals surface area contributed by atoms with E-state index in [9.17, 15) is 0 Å². The Morgan fingerprint density at radius 2 is 2.00 bits per heavy atom. The van der Waals surface area contributed by atoms with E-state index in [0.29, 0.717) is 0 Å². The molecule has 0 aromatic carbocycles. The molecule has 0 radical (unpaired) electrons. The number of likely N-dealkylation sites (tertiary alicyclic amines) is 1. The number of rotatable bonds is 6. The molecule has 0 aromatic rings. The summed E-state index contributed by atoms with van der Waals surface area (Å²) in [6, 6.07) is 0. The molecule has 0 saturated carbocycles. The van der Waals surface area contributed by atoms with Crippen LogP contribution in [0, 0.1) is 11.8 Å². The van der Waals surface area contributed by atoms with Crippen LogP contribution in [0.25, 0.3) is 0 Å². The van der Waals surface area contributed by atoms with Crippen LogP contribution in [-0.4, -0.2) is 35.5 Å². The lowest BCUT2D eigenvalue weighted by Gasteiger charge is -2.17. The van der Waals surface area contributed by atoms with Crippen LogP contribution < -0.4 is 0 Å². The second kappa shape index (κ2) is 6.80. The largest absolute Gasteiger partial charge is 0.303 e. The van der Waals surface area contributed by atoms with E-state index in [4.69, 9.17) is 0 Å². The first-order chi connectivity index (χ1) is 7.08. The van der Waals surface area contributed by atoms with E-state index in [2.05, 4.69) is 44.4 Å². The molecular weight excluding hydrogens is 202 g/mol. The van der Waals surface area contributed by atoms with Crippen molar-refractivity contribution in [1.29, 1.82) is 0 Å². The molecule has 0 amide bonds. The summed E-state index contributed by atoms with van der Waals surface area (Å²) in [4.78, 5) is 2.66. The predicted molar refractivity (Wildman–Crippen MR) is 71.6 cm³/mol. The van der Waals surface area contributed by atoms with Crippen molar-refractivity contribution in [1.82, 2.24) is 4.90 Å². The number of hydrogen-bond acceptors (Lipinski definition) is 2. The molecule has 90 valence electrons. The third-order valence-electron chi connectivity index (χ3n) is 3.06. The molecule has 1 aliphatic heterocycles. The normalized spacial score (nSPS) is 23.2. The Balaban J connectivity index is 2.10. The van der Waals surface area contributed by atoms with Crippen LogP contribution in [0.3, 0.4) is 0 Å². The highest BCUT2D eigenvalue weighted by Crippen LogP contribution is 2.23. The van der Waals surface area contributed by atoms with Gasteiger partial charge in [-0.15, -0.1) is 0 Å². The molecule has 1 atom stereocenters. The summed E-state index contributed by atoms with van der Waals surface area (Å²) >= 11 is 2.13. The van der Waals surface area contributed by atoms with Gasteiger partial charge in [0.1, 0.15) is 0 Å². The summed E-state index contributed by atoms with van der Waals surface area (Å²) in [5, 5.41) is 0.801. The van der Waals surface area contributed by atoms with Gasteiger partial charge >= 0.3 is 0 Å². The Morgan fingerprint density at radius 1 is 1.27 bits per heavy atom. The second-order valence-corrected chi connectivity index (χ2v) is 7.13. The van der Waals surface area contributed by atoms with E-state index in [0.717, 1.165) is 17.1 Å². The van der Waals surface area contributed by atoms with Crippen LogP contribution in [0.15, 0.2) is 0 Å². The van der Waals surface area contributed by atoms with E-state index in [1.807, 2.05) is 0 Å². The molecule has 0 N–H and O–H groups in total. The molecule has 0 spiro atoms. The zero-order valence-corrected chi connectivity index (χ0v) is 11.6. The number of thioether (sulfide) groups is 1. The van der Waals surface area contributed by atoms with Gasteiger partial charge in [0.25, 0.3) is 0 Å². The fourth-order valence-corrected chi connectivity index (χ4v) is 2.95. The van der Waals surface area contributed by atoms with Crippen molar-refractivity contribution in [2.75, 3.05) is 25.4 Å². The van der Waals surface area contributed by atoms with Crippen molar-refractivity contribution in [2.24, 2.45) is 11.8 Å². The Kier molecular flexibility index (Phi) is 6.06. The molecule has 1 unspecified atom stereocenters. The van der Waals surface area contributed by atoms with Crippen molar-refractivity contribution in [3.8, 4) is 0 Å². The zero-order valence-electron chi connectivity index (χ0n) is 10.8. The third-order valence-corrected chi connectivity index (χ3v) is 4.39. The molecule has 0 bridgehead atoms. The van der Waals surface area contributed by atoms with Gasteiger partial charge in [0, 0.05) is 6.54 Å². The minimum atomic E-state index is 0.801. The first-order valence-corrected chi connectivity index (χ1v) is 7.46. The van der Waals surface area contributed by atoms with Crippen LogP contribution in [0.1, 0.15) is 40.5 Å². The van der Waals surface area contributed by atoms with E-state index >= 15 is 0 Å². The summed E-state index contributed by atoms with van der Waals surface area (Å²) in [5.41, 5.74) is 0. The highest BCUT2D eigenvalue weighted by Gasteiger charge is 2.22. The minimum Gasteiger partial charge on any atom is -0.303 e. The van der Waals surface area contributed by atoms with Gasteiger partial charge in [0.2, 0.25) is 0 Å². The van der Waals surface area contributed by atoms with Gasteiger partial charge in [-0.1, -0.05) is 27.7 Å². The Bertz CT molecular complexity index is 150. The molecule has 1 heterocycles. The molecule has 0 aromatic heterocycles. The lowest BCUT2D eigenvalue weighted by atomic mass is 10.1. The highest BCUT2D eigenvalue weighted by molar-refractivity contribution is 7.99. The fraction of sp³-hybridized carbons (Fsp3) is 1.00. The van der Waals surface area contributed by atoms with E-state index < -0.39 is 0 Å². The molecule has 0 aliphatic carbocycles. The number of nitrogens with zero attached hydrogens (tertiary/aromatic N) is 1. The SMILES string of the molecule is CC(C)CCN1CCC(CSC(C)C)C1. The Labute approximate surface area is 100.0 Å². The lowest BCUT2D eigenvalue weighted by molar-refractivity contribution is 0.305. The van der Waals surface area contributed by atoms with Crippen molar-refractivity contribution < 1.29 is 0 Å². The summed E-state index contributed by atoms with van der Waals surface area (Å²) in [5.74, 6) is 3.19. The Hall–Kier alpha value is 0.310. The van der Waals surface area contributed by atoms with Crippen molar-refractivity contribution in [3.63, 3.8) is 0 Å². The average molecular weight is 229 g/mol. The van der Waals surface area contributed by atoms with Gasteiger partial charge in [-0.2, -0.15) is 11.8 Å². The summed E-state index contributed by atoms with van der Waals surface area (Å²) < 4.78 is 0. The van der Waals surface area contributed by atoms with Crippen molar-refractivity contribution in [3.05, 3.63) is 0 Å². The van der Waals surface area contributed by atoms with Gasteiger partial charge < -0.3 is 4.90 Å². The standard InChI is InChI=1S/C13H27NS/c1-11(2)5-7-14-8-6-13(9-14)10-15-12(3)4/h11-13H,5-10H2,1-4H3. The van der Waals surface area contributed by atoms with Gasteiger partial charge in [0.05, 0.1) is 0 Å². The van der Waals surface area contributed by atoms with E-state index in [1.165, 1.54) is 38.2 Å². The van der Waals surface area contributed by atoms with Crippen LogP contribution >= 0.6 is 11.8 Å². The van der Waals surface area contributed by atoms with E-state index in [-0.39, 0.29) is 0 Å². The van der Waals surface area contributed by atoms with Crippen molar-refractivity contribution in [2.45, 2.75) is 45.8 Å². The second-order valence-electron chi connectivity index (χ2n) is 5.52.